The Kier molecular flexibility index (Phi) is 5.05. The molecule has 0 aliphatic carbocycles. The fraction of sp³-hybridized carbons (Fsp3) is 0.267. The minimum absolute atomic E-state index is 0.0411. The van der Waals surface area contributed by atoms with Gasteiger partial charge in [0.2, 0.25) is 0 Å². The molecule has 1 amide bonds. The van der Waals surface area contributed by atoms with Gasteiger partial charge in [-0.1, -0.05) is 30.3 Å². The molecule has 2 N–H and O–H groups in total. The summed E-state index contributed by atoms with van der Waals surface area (Å²) in [5, 5.41) is 12.2. The van der Waals surface area contributed by atoms with Gasteiger partial charge in [0.15, 0.2) is 0 Å². The number of carbonyl (C=O) groups excluding carboxylic acids is 1. The van der Waals surface area contributed by atoms with Gasteiger partial charge in [-0.15, -0.1) is 11.3 Å². The third-order valence-electron chi connectivity index (χ3n) is 2.92. The number of carbonyl (C=O) groups is 2. The molecule has 0 saturated carbocycles. The first-order chi connectivity index (χ1) is 10.1. The lowest BCUT2D eigenvalue weighted by Crippen LogP contribution is -2.32. The molecule has 1 unspecified atom stereocenters. The molecule has 1 aromatic heterocycles. The predicted molar refractivity (Wildman–Crippen MR) is 81.3 cm³/mol. The fourth-order valence-corrected chi connectivity index (χ4v) is 2.63. The van der Waals surface area contributed by atoms with Crippen LogP contribution < -0.4 is 5.32 Å². The Hall–Kier alpha value is -2.21. The maximum atomic E-state index is 12.1. The van der Waals surface area contributed by atoms with E-state index in [1.807, 2.05) is 30.3 Å². The van der Waals surface area contributed by atoms with Crippen molar-refractivity contribution in [3.63, 3.8) is 0 Å². The smallest absolute Gasteiger partial charge is 0.303 e. The maximum absolute atomic E-state index is 12.1. The van der Waals surface area contributed by atoms with E-state index in [4.69, 9.17) is 5.11 Å². The Morgan fingerprint density at radius 3 is 2.71 bits per heavy atom. The van der Waals surface area contributed by atoms with Gasteiger partial charge in [-0.2, -0.15) is 0 Å². The van der Waals surface area contributed by atoms with E-state index < -0.39 is 5.97 Å². The van der Waals surface area contributed by atoms with Gasteiger partial charge < -0.3 is 10.4 Å². The summed E-state index contributed by atoms with van der Waals surface area (Å²) in [4.78, 5) is 27.3. The number of carboxylic acid groups (broad SMARTS) is 1. The van der Waals surface area contributed by atoms with Crippen molar-refractivity contribution in [2.24, 2.45) is 0 Å². The summed E-state index contributed by atoms with van der Waals surface area (Å²) in [6, 6.07) is 9.46. The molecule has 0 aliphatic heterocycles. The standard InChI is InChI=1S/C15H16N2O3S/c1-10(7-8-13(18)19)17-14(20)12-9-16-15(21-12)11-5-3-2-4-6-11/h2-6,9-10H,7-8H2,1H3,(H,17,20)(H,18,19). The van der Waals surface area contributed by atoms with Crippen molar-refractivity contribution in [1.29, 1.82) is 0 Å². The minimum Gasteiger partial charge on any atom is -0.481 e. The van der Waals surface area contributed by atoms with Crippen molar-refractivity contribution in [3.8, 4) is 10.6 Å². The summed E-state index contributed by atoms with van der Waals surface area (Å²) < 4.78 is 0. The number of nitrogens with one attached hydrogen (secondary N) is 1. The van der Waals surface area contributed by atoms with E-state index in [1.165, 1.54) is 11.3 Å². The van der Waals surface area contributed by atoms with Gasteiger partial charge in [-0.25, -0.2) is 4.98 Å². The zero-order valence-electron chi connectivity index (χ0n) is 11.6. The van der Waals surface area contributed by atoms with Gasteiger partial charge in [0.1, 0.15) is 9.88 Å². The lowest BCUT2D eigenvalue weighted by Gasteiger charge is -2.11. The van der Waals surface area contributed by atoms with Gasteiger partial charge in [-0.05, 0) is 13.3 Å². The van der Waals surface area contributed by atoms with Crippen LogP contribution in [0, 0.1) is 0 Å². The summed E-state index contributed by atoms with van der Waals surface area (Å²) in [7, 11) is 0. The molecule has 0 spiro atoms. The molecule has 0 fully saturated rings. The van der Waals surface area contributed by atoms with Gasteiger partial charge in [0.05, 0.1) is 6.20 Å². The zero-order valence-corrected chi connectivity index (χ0v) is 12.4. The van der Waals surface area contributed by atoms with Crippen LogP contribution in [0.4, 0.5) is 0 Å². The summed E-state index contributed by atoms with van der Waals surface area (Å²) in [5.41, 5.74) is 0.973. The summed E-state index contributed by atoms with van der Waals surface area (Å²) in [6.45, 7) is 1.79. The van der Waals surface area contributed by atoms with E-state index >= 15 is 0 Å². The van der Waals surface area contributed by atoms with Crippen LogP contribution in [0.25, 0.3) is 10.6 Å². The Morgan fingerprint density at radius 1 is 1.33 bits per heavy atom. The number of carboxylic acids is 1. The van der Waals surface area contributed by atoms with Crippen molar-refractivity contribution >= 4 is 23.2 Å². The number of benzene rings is 1. The van der Waals surface area contributed by atoms with Gasteiger partial charge in [0, 0.05) is 18.0 Å². The largest absolute Gasteiger partial charge is 0.481 e. The Bertz CT molecular complexity index is 625. The average Bonchev–Trinajstić information content (AvgIpc) is 2.96. The van der Waals surface area contributed by atoms with Crippen LogP contribution in [0.2, 0.25) is 0 Å². The molecule has 21 heavy (non-hydrogen) atoms. The predicted octanol–water partition coefficient (Wildman–Crippen LogP) is 2.79. The molecular formula is C15H16N2O3S. The SMILES string of the molecule is CC(CCC(=O)O)NC(=O)c1cnc(-c2ccccc2)s1. The van der Waals surface area contributed by atoms with E-state index in [9.17, 15) is 9.59 Å². The number of aromatic nitrogens is 1. The molecule has 1 atom stereocenters. The molecule has 110 valence electrons. The van der Waals surface area contributed by atoms with Crippen LogP contribution in [0.1, 0.15) is 29.4 Å². The first kappa shape index (κ1) is 15.2. The fourth-order valence-electron chi connectivity index (χ4n) is 1.80. The summed E-state index contributed by atoms with van der Waals surface area (Å²) >= 11 is 1.32. The third kappa shape index (κ3) is 4.39. The van der Waals surface area contributed by atoms with Crippen molar-refractivity contribution < 1.29 is 14.7 Å². The maximum Gasteiger partial charge on any atom is 0.303 e. The third-order valence-corrected chi connectivity index (χ3v) is 3.96. The first-order valence-corrected chi connectivity index (χ1v) is 7.42. The van der Waals surface area contributed by atoms with Crippen LogP contribution in [-0.4, -0.2) is 28.0 Å². The Morgan fingerprint density at radius 2 is 2.05 bits per heavy atom. The highest BCUT2D eigenvalue weighted by Gasteiger charge is 2.14. The molecule has 2 rings (SSSR count). The first-order valence-electron chi connectivity index (χ1n) is 6.60. The lowest BCUT2D eigenvalue weighted by molar-refractivity contribution is -0.137. The molecule has 2 aromatic rings. The molecule has 1 aromatic carbocycles. The van der Waals surface area contributed by atoms with Crippen LogP contribution in [0.5, 0.6) is 0 Å². The van der Waals surface area contributed by atoms with E-state index in [-0.39, 0.29) is 18.4 Å². The molecule has 0 saturated heterocycles. The Labute approximate surface area is 126 Å². The van der Waals surface area contributed by atoms with Crippen LogP contribution >= 0.6 is 11.3 Å². The van der Waals surface area contributed by atoms with Gasteiger partial charge in [-0.3, -0.25) is 9.59 Å². The van der Waals surface area contributed by atoms with Crippen molar-refractivity contribution in [2.45, 2.75) is 25.8 Å². The molecule has 6 heteroatoms. The highest BCUT2D eigenvalue weighted by atomic mass is 32.1. The number of rotatable bonds is 6. The monoisotopic (exact) mass is 304 g/mol. The van der Waals surface area contributed by atoms with Crippen molar-refractivity contribution in [3.05, 3.63) is 41.4 Å². The molecule has 5 nitrogen and oxygen atoms in total. The topological polar surface area (TPSA) is 79.3 Å². The van der Waals surface area contributed by atoms with Crippen molar-refractivity contribution in [1.82, 2.24) is 10.3 Å². The highest BCUT2D eigenvalue weighted by Crippen LogP contribution is 2.24. The average molecular weight is 304 g/mol. The second-order valence-corrected chi connectivity index (χ2v) is 5.73. The van der Waals surface area contributed by atoms with Gasteiger partial charge in [0.25, 0.3) is 5.91 Å². The van der Waals surface area contributed by atoms with E-state index in [0.29, 0.717) is 11.3 Å². The normalized spacial score (nSPS) is 11.9. The van der Waals surface area contributed by atoms with E-state index in [1.54, 1.807) is 13.1 Å². The minimum atomic E-state index is -0.861. The quantitative estimate of drug-likeness (QED) is 0.860. The van der Waals surface area contributed by atoms with E-state index in [0.717, 1.165) is 10.6 Å². The zero-order chi connectivity index (χ0) is 15.2. The van der Waals surface area contributed by atoms with E-state index in [2.05, 4.69) is 10.3 Å². The number of thiazole rings is 1. The van der Waals surface area contributed by atoms with Crippen LogP contribution in [-0.2, 0) is 4.79 Å². The number of nitrogens with zero attached hydrogens (tertiary/aromatic N) is 1. The molecule has 0 radical (unpaired) electrons. The molecule has 1 heterocycles. The second-order valence-electron chi connectivity index (χ2n) is 4.70. The molecular weight excluding hydrogens is 288 g/mol. The molecule has 0 aliphatic rings. The highest BCUT2D eigenvalue weighted by molar-refractivity contribution is 7.16. The number of hydrogen-bond acceptors (Lipinski definition) is 4. The Balaban J connectivity index is 1.98. The molecule has 0 bridgehead atoms. The number of aliphatic carboxylic acids is 1. The number of amides is 1. The van der Waals surface area contributed by atoms with Crippen molar-refractivity contribution in [2.75, 3.05) is 0 Å². The summed E-state index contributed by atoms with van der Waals surface area (Å²) in [6.07, 6.45) is 2.00. The number of hydrogen-bond donors (Lipinski definition) is 2. The second kappa shape index (κ2) is 6.99. The summed E-state index contributed by atoms with van der Waals surface area (Å²) in [5.74, 6) is -1.08. The van der Waals surface area contributed by atoms with Crippen LogP contribution in [0.15, 0.2) is 36.5 Å². The van der Waals surface area contributed by atoms with Gasteiger partial charge >= 0.3 is 5.97 Å². The lowest BCUT2D eigenvalue weighted by atomic mass is 10.2. The van der Waals surface area contributed by atoms with Crippen LogP contribution in [0.3, 0.4) is 0 Å².